The van der Waals surface area contributed by atoms with E-state index in [9.17, 15) is 4.79 Å². The molecule has 0 bridgehead atoms. The maximum Gasteiger partial charge on any atom is 0.267 e. The summed E-state index contributed by atoms with van der Waals surface area (Å²) in [6, 6.07) is 1.71. The molecule has 0 saturated carbocycles. The number of likely N-dealkylation sites (tertiary alicyclic amines) is 1. The van der Waals surface area contributed by atoms with Crippen LogP contribution in [0.5, 0.6) is 0 Å². The number of amides is 1. The van der Waals surface area contributed by atoms with Crippen LogP contribution in [0.15, 0.2) is 31.0 Å². The van der Waals surface area contributed by atoms with Crippen molar-refractivity contribution in [2.45, 2.75) is 32.2 Å². The van der Waals surface area contributed by atoms with Crippen molar-refractivity contribution >= 4 is 5.91 Å². The van der Waals surface area contributed by atoms with E-state index in [1.165, 1.54) is 6.33 Å². The van der Waals surface area contributed by atoms with Crippen LogP contribution in [0, 0.1) is 5.92 Å². The van der Waals surface area contributed by atoms with Gasteiger partial charge in [-0.25, -0.2) is 9.97 Å². The van der Waals surface area contributed by atoms with E-state index in [2.05, 4.69) is 24.8 Å². The first-order chi connectivity index (χ1) is 11.7. The zero-order chi connectivity index (χ0) is 16.8. The zero-order valence-electron chi connectivity index (χ0n) is 13.6. The summed E-state index contributed by atoms with van der Waals surface area (Å²) in [5.74, 6) is 0.0575. The molecule has 2 aromatic heterocycles. The van der Waals surface area contributed by atoms with Crippen LogP contribution >= 0.6 is 0 Å². The SMILES string of the molecule is NC(=O)c1cc(C[C@@H]2CCCN(Cc3cnccn3)CC2)ncn1. The fraction of sp³-hybridized carbons (Fsp3) is 0.471. The molecule has 0 aromatic carbocycles. The van der Waals surface area contributed by atoms with Crippen molar-refractivity contribution in [1.29, 1.82) is 0 Å². The molecule has 1 fully saturated rings. The fourth-order valence-electron chi connectivity index (χ4n) is 3.17. The van der Waals surface area contributed by atoms with E-state index in [1.807, 2.05) is 6.20 Å². The number of aromatic nitrogens is 4. The molecular formula is C17H22N6O. The van der Waals surface area contributed by atoms with Crippen molar-refractivity contribution in [3.8, 4) is 0 Å². The molecule has 2 N–H and O–H groups in total. The lowest BCUT2D eigenvalue weighted by molar-refractivity contribution is 0.0995. The number of nitrogens with zero attached hydrogens (tertiary/aromatic N) is 5. The van der Waals surface area contributed by atoms with E-state index in [0.717, 1.165) is 56.7 Å². The highest BCUT2D eigenvalue weighted by molar-refractivity contribution is 5.90. The Labute approximate surface area is 141 Å². The van der Waals surface area contributed by atoms with Gasteiger partial charge in [-0.1, -0.05) is 0 Å². The summed E-state index contributed by atoms with van der Waals surface area (Å²) in [5, 5.41) is 0. The van der Waals surface area contributed by atoms with Crippen molar-refractivity contribution in [2.75, 3.05) is 13.1 Å². The van der Waals surface area contributed by atoms with Crippen LogP contribution < -0.4 is 5.73 Å². The second kappa shape index (κ2) is 7.92. The number of rotatable bonds is 5. The second-order valence-corrected chi connectivity index (χ2v) is 6.23. The number of primary amides is 1. The van der Waals surface area contributed by atoms with Gasteiger partial charge in [0.2, 0.25) is 0 Å². The lowest BCUT2D eigenvalue weighted by Crippen LogP contribution is -2.25. The van der Waals surface area contributed by atoms with Gasteiger partial charge in [0.05, 0.1) is 5.69 Å². The van der Waals surface area contributed by atoms with Gasteiger partial charge in [-0.3, -0.25) is 19.7 Å². The largest absolute Gasteiger partial charge is 0.364 e. The second-order valence-electron chi connectivity index (χ2n) is 6.23. The molecule has 3 heterocycles. The maximum atomic E-state index is 11.2. The Hall–Kier alpha value is -2.41. The predicted octanol–water partition coefficient (Wildman–Crippen LogP) is 1.21. The lowest BCUT2D eigenvalue weighted by Gasteiger charge is -2.19. The van der Waals surface area contributed by atoms with Gasteiger partial charge in [0.15, 0.2) is 0 Å². The third-order valence-corrected chi connectivity index (χ3v) is 4.42. The molecule has 7 nitrogen and oxygen atoms in total. The van der Waals surface area contributed by atoms with Crippen LogP contribution in [0.1, 0.15) is 41.1 Å². The van der Waals surface area contributed by atoms with E-state index in [0.29, 0.717) is 5.92 Å². The summed E-state index contributed by atoms with van der Waals surface area (Å²) in [5.41, 5.74) is 7.48. The molecule has 0 unspecified atom stereocenters. The number of nitrogens with two attached hydrogens (primary N) is 1. The summed E-state index contributed by atoms with van der Waals surface area (Å²) < 4.78 is 0. The monoisotopic (exact) mass is 326 g/mol. The molecule has 1 aliphatic heterocycles. The van der Waals surface area contributed by atoms with Gasteiger partial charge in [0, 0.05) is 30.8 Å². The first-order valence-corrected chi connectivity index (χ1v) is 8.28. The molecule has 1 aliphatic rings. The van der Waals surface area contributed by atoms with Crippen LogP contribution in [-0.2, 0) is 13.0 Å². The van der Waals surface area contributed by atoms with Gasteiger partial charge in [-0.2, -0.15) is 0 Å². The van der Waals surface area contributed by atoms with Gasteiger partial charge in [-0.15, -0.1) is 0 Å². The maximum absolute atomic E-state index is 11.2. The van der Waals surface area contributed by atoms with Crippen LogP contribution in [0.3, 0.4) is 0 Å². The Morgan fingerprint density at radius 3 is 2.88 bits per heavy atom. The van der Waals surface area contributed by atoms with E-state index < -0.39 is 5.91 Å². The summed E-state index contributed by atoms with van der Waals surface area (Å²) in [6.07, 6.45) is 11.0. The smallest absolute Gasteiger partial charge is 0.267 e. The molecule has 1 amide bonds. The molecule has 2 aromatic rings. The van der Waals surface area contributed by atoms with Crippen molar-refractivity contribution in [2.24, 2.45) is 11.7 Å². The van der Waals surface area contributed by atoms with Gasteiger partial charge in [0.25, 0.3) is 5.91 Å². The minimum atomic E-state index is -0.505. The first-order valence-electron chi connectivity index (χ1n) is 8.28. The van der Waals surface area contributed by atoms with Crippen LogP contribution in [-0.4, -0.2) is 43.8 Å². The minimum absolute atomic E-state index is 0.290. The van der Waals surface area contributed by atoms with E-state index in [1.54, 1.807) is 18.5 Å². The summed E-state index contributed by atoms with van der Waals surface area (Å²) in [6.45, 7) is 2.96. The molecule has 0 aliphatic carbocycles. The molecule has 1 saturated heterocycles. The molecular weight excluding hydrogens is 304 g/mol. The quantitative estimate of drug-likeness (QED) is 0.887. The topological polar surface area (TPSA) is 97.9 Å². The number of carbonyl (C=O) groups is 1. The Bertz CT molecular complexity index is 678. The van der Waals surface area contributed by atoms with Crippen LogP contribution in [0.2, 0.25) is 0 Å². The predicted molar refractivity (Wildman–Crippen MR) is 88.9 cm³/mol. The van der Waals surface area contributed by atoms with Gasteiger partial charge in [0.1, 0.15) is 12.0 Å². The summed E-state index contributed by atoms with van der Waals surface area (Å²) in [4.78, 5) is 30.3. The minimum Gasteiger partial charge on any atom is -0.364 e. The highest BCUT2D eigenvalue weighted by atomic mass is 16.1. The molecule has 7 heteroatoms. The van der Waals surface area contributed by atoms with Crippen molar-refractivity contribution in [3.05, 3.63) is 48.1 Å². The molecule has 1 atom stereocenters. The zero-order valence-corrected chi connectivity index (χ0v) is 13.6. The van der Waals surface area contributed by atoms with Crippen molar-refractivity contribution in [1.82, 2.24) is 24.8 Å². The highest BCUT2D eigenvalue weighted by Crippen LogP contribution is 2.22. The highest BCUT2D eigenvalue weighted by Gasteiger charge is 2.19. The molecule has 126 valence electrons. The first kappa shape index (κ1) is 16.4. The Kier molecular flexibility index (Phi) is 5.43. The molecule has 0 spiro atoms. The summed E-state index contributed by atoms with van der Waals surface area (Å²) >= 11 is 0. The molecule has 3 rings (SSSR count). The standard InChI is InChI=1S/C17H22N6O/c18-17(24)16-9-14(21-12-22-16)8-13-2-1-6-23(7-3-13)11-15-10-19-4-5-20-15/h4-5,9-10,12-13H,1-3,6-8,11H2,(H2,18,24)/t13-/m1/s1. The Balaban J connectivity index is 1.55. The number of hydrogen-bond acceptors (Lipinski definition) is 6. The Morgan fingerprint density at radius 1 is 1.17 bits per heavy atom. The lowest BCUT2D eigenvalue weighted by atomic mass is 9.95. The third-order valence-electron chi connectivity index (χ3n) is 4.42. The van der Waals surface area contributed by atoms with Gasteiger partial charge < -0.3 is 5.73 Å². The van der Waals surface area contributed by atoms with Gasteiger partial charge >= 0.3 is 0 Å². The fourth-order valence-corrected chi connectivity index (χ4v) is 3.17. The van der Waals surface area contributed by atoms with Crippen molar-refractivity contribution in [3.63, 3.8) is 0 Å². The normalized spacial score (nSPS) is 18.9. The number of hydrogen-bond donors (Lipinski definition) is 1. The Morgan fingerprint density at radius 2 is 2.08 bits per heavy atom. The average molecular weight is 326 g/mol. The van der Waals surface area contributed by atoms with Crippen LogP contribution in [0.25, 0.3) is 0 Å². The van der Waals surface area contributed by atoms with E-state index >= 15 is 0 Å². The molecule has 0 radical (unpaired) electrons. The van der Waals surface area contributed by atoms with E-state index in [4.69, 9.17) is 5.73 Å². The van der Waals surface area contributed by atoms with Crippen molar-refractivity contribution < 1.29 is 4.79 Å². The van der Waals surface area contributed by atoms with Gasteiger partial charge in [-0.05, 0) is 50.8 Å². The van der Waals surface area contributed by atoms with E-state index in [-0.39, 0.29) is 5.69 Å². The third kappa shape index (κ3) is 4.55. The summed E-state index contributed by atoms with van der Waals surface area (Å²) in [7, 11) is 0. The molecule has 24 heavy (non-hydrogen) atoms. The van der Waals surface area contributed by atoms with Crippen LogP contribution in [0.4, 0.5) is 0 Å². The average Bonchev–Trinajstić information content (AvgIpc) is 2.81. The number of carbonyl (C=O) groups excluding carboxylic acids is 1.